The molecule has 0 radical (unpaired) electrons. The van der Waals surface area contributed by atoms with Crippen LogP contribution in [-0.2, 0) is 23.6 Å². The third-order valence-electron chi connectivity index (χ3n) is 4.10. The van der Waals surface area contributed by atoms with Crippen LogP contribution in [0.3, 0.4) is 0 Å². The summed E-state index contributed by atoms with van der Waals surface area (Å²) < 4.78 is 6.93. The van der Waals surface area contributed by atoms with Crippen molar-refractivity contribution >= 4 is 28.6 Å². The van der Waals surface area contributed by atoms with Gasteiger partial charge in [0.15, 0.2) is 6.61 Å². The lowest BCUT2D eigenvalue weighted by molar-refractivity contribution is -0.119. The largest absolute Gasteiger partial charge is 0.452 e. The van der Waals surface area contributed by atoms with E-state index < -0.39 is 35.3 Å². The fraction of sp³-hybridized carbons (Fsp3) is 0.167. The van der Waals surface area contributed by atoms with E-state index in [1.165, 1.54) is 14.1 Å². The van der Waals surface area contributed by atoms with Crippen LogP contribution in [0.5, 0.6) is 0 Å². The number of para-hydroxylation sites is 1. The number of carbonyl (C=O) groups excluding carboxylic acids is 2. The molecule has 0 fully saturated rings. The number of fused-ring (bicyclic) bond motifs is 1. The first-order chi connectivity index (χ1) is 13.3. The molecule has 10 heteroatoms. The number of H-pyrrole nitrogens is 1. The zero-order valence-corrected chi connectivity index (χ0v) is 15.0. The highest BCUT2D eigenvalue weighted by Crippen LogP contribution is 2.15. The Bertz CT molecular complexity index is 1270. The summed E-state index contributed by atoms with van der Waals surface area (Å²) in [4.78, 5) is 62.2. The Labute approximate surface area is 157 Å². The van der Waals surface area contributed by atoms with Crippen LogP contribution in [-0.4, -0.2) is 32.6 Å². The number of aromatic amines is 1. The molecule has 0 aliphatic heterocycles. The summed E-state index contributed by atoms with van der Waals surface area (Å²) in [5, 5.41) is 2.81. The van der Waals surface area contributed by atoms with Gasteiger partial charge in [-0.3, -0.25) is 23.5 Å². The van der Waals surface area contributed by atoms with Crippen LogP contribution in [0.4, 0.5) is 5.82 Å². The van der Waals surface area contributed by atoms with E-state index in [9.17, 15) is 24.0 Å². The molecule has 2 N–H and O–H groups in total. The van der Waals surface area contributed by atoms with Crippen molar-refractivity contribution in [2.45, 2.75) is 0 Å². The second-order valence-electron chi connectivity index (χ2n) is 5.99. The zero-order valence-electron chi connectivity index (χ0n) is 15.0. The normalized spacial score (nSPS) is 10.6. The standard InChI is InChI=1S/C18H16N4O6/c1-21-13(8-16(25)22(2)18(21)27)20-15(24)9-28-17(26)11-7-14(23)19-12-6-4-3-5-10(11)12/h3-8H,9H2,1-2H3,(H,19,23)(H,20,24). The SMILES string of the molecule is Cn1c(NC(=O)COC(=O)c2cc(=O)[nH]c3ccccc23)cc(=O)n(C)c1=O. The summed E-state index contributed by atoms with van der Waals surface area (Å²) in [5.74, 6) is -1.63. The van der Waals surface area contributed by atoms with E-state index in [1.54, 1.807) is 24.3 Å². The van der Waals surface area contributed by atoms with Crippen LogP contribution < -0.4 is 22.1 Å². The number of anilines is 1. The molecule has 1 amide bonds. The minimum absolute atomic E-state index is 0.0214. The smallest absolute Gasteiger partial charge is 0.339 e. The fourth-order valence-corrected chi connectivity index (χ4v) is 2.61. The van der Waals surface area contributed by atoms with Gasteiger partial charge < -0.3 is 15.0 Å². The summed E-state index contributed by atoms with van der Waals surface area (Å²) in [7, 11) is 2.69. The highest BCUT2D eigenvalue weighted by molar-refractivity contribution is 6.04. The van der Waals surface area contributed by atoms with Crippen molar-refractivity contribution in [1.29, 1.82) is 0 Å². The van der Waals surface area contributed by atoms with Gasteiger partial charge in [0.25, 0.3) is 11.5 Å². The van der Waals surface area contributed by atoms with Crippen molar-refractivity contribution in [3.63, 3.8) is 0 Å². The van der Waals surface area contributed by atoms with Crippen molar-refractivity contribution in [1.82, 2.24) is 14.1 Å². The van der Waals surface area contributed by atoms with E-state index in [0.717, 1.165) is 21.3 Å². The first-order valence-electron chi connectivity index (χ1n) is 8.14. The average Bonchev–Trinajstić information content (AvgIpc) is 2.67. The highest BCUT2D eigenvalue weighted by Gasteiger charge is 2.16. The molecule has 0 atom stereocenters. The molecule has 2 heterocycles. The molecular weight excluding hydrogens is 368 g/mol. The van der Waals surface area contributed by atoms with Gasteiger partial charge in [0.2, 0.25) is 5.56 Å². The highest BCUT2D eigenvalue weighted by atomic mass is 16.5. The van der Waals surface area contributed by atoms with Gasteiger partial charge in [0, 0.05) is 37.1 Å². The van der Waals surface area contributed by atoms with Crippen LogP contribution >= 0.6 is 0 Å². The maximum absolute atomic E-state index is 12.3. The number of ether oxygens (including phenoxy) is 1. The van der Waals surface area contributed by atoms with E-state index in [-0.39, 0.29) is 11.4 Å². The lowest BCUT2D eigenvalue weighted by Gasteiger charge is -2.11. The van der Waals surface area contributed by atoms with E-state index >= 15 is 0 Å². The Morgan fingerprint density at radius 2 is 1.79 bits per heavy atom. The number of nitrogens with one attached hydrogen (secondary N) is 2. The van der Waals surface area contributed by atoms with E-state index in [2.05, 4.69) is 10.3 Å². The van der Waals surface area contributed by atoms with Gasteiger partial charge >= 0.3 is 11.7 Å². The number of esters is 1. The summed E-state index contributed by atoms with van der Waals surface area (Å²) in [5.41, 5.74) is -1.21. The van der Waals surface area contributed by atoms with Crippen LogP contribution in [0.25, 0.3) is 10.9 Å². The molecule has 28 heavy (non-hydrogen) atoms. The third kappa shape index (κ3) is 3.61. The molecular formula is C18H16N4O6. The number of hydrogen-bond acceptors (Lipinski definition) is 6. The number of rotatable bonds is 4. The van der Waals surface area contributed by atoms with Gasteiger partial charge in [-0.05, 0) is 6.07 Å². The van der Waals surface area contributed by atoms with Gasteiger partial charge in [0.05, 0.1) is 5.56 Å². The number of hydrogen-bond donors (Lipinski definition) is 2. The number of amides is 1. The summed E-state index contributed by atoms with van der Waals surface area (Å²) in [6.45, 7) is -0.663. The summed E-state index contributed by atoms with van der Waals surface area (Å²) in [6.07, 6.45) is 0. The molecule has 144 valence electrons. The molecule has 3 rings (SSSR count). The minimum atomic E-state index is -0.852. The Balaban J connectivity index is 1.76. The summed E-state index contributed by atoms with van der Waals surface area (Å²) >= 11 is 0. The van der Waals surface area contributed by atoms with Crippen molar-refractivity contribution in [3.05, 3.63) is 73.2 Å². The molecule has 0 aliphatic rings. The third-order valence-corrected chi connectivity index (χ3v) is 4.10. The average molecular weight is 384 g/mol. The van der Waals surface area contributed by atoms with Crippen LogP contribution in [0.15, 0.2) is 50.8 Å². The topological polar surface area (TPSA) is 132 Å². The monoisotopic (exact) mass is 384 g/mol. The lowest BCUT2D eigenvalue weighted by Crippen LogP contribution is -2.38. The molecule has 0 bridgehead atoms. The Hall–Kier alpha value is -3.95. The van der Waals surface area contributed by atoms with Crippen molar-refractivity contribution < 1.29 is 14.3 Å². The van der Waals surface area contributed by atoms with Crippen LogP contribution in [0, 0.1) is 0 Å². The predicted octanol–water partition coefficient (Wildman–Crippen LogP) is -0.279. The Morgan fingerprint density at radius 3 is 2.54 bits per heavy atom. The Kier molecular flexibility index (Phi) is 4.94. The first kappa shape index (κ1) is 18.8. The van der Waals surface area contributed by atoms with Crippen molar-refractivity contribution in [2.75, 3.05) is 11.9 Å². The van der Waals surface area contributed by atoms with E-state index in [0.29, 0.717) is 10.9 Å². The fourth-order valence-electron chi connectivity index (χ4n) is 2.61. The van der Waals surface area contributed by atoms with Crippen molar-refractivity contribution in [2.24, 2.45) is 14.1 Å². The number of aromatic nitrogens is 3. The van der Waals surface area contributed by atoms with Crippen LogP contribution in [0.1, 0.15) is 10.4 Å². The first-order valence-corrected chi connectivity index (χ1v) is 8.14. The maximum Gasteiger partial charge on any atom is 0.339 e. The second-order valence-corrected chi connectivity index (χ2v) is 5.99. The van der Waals surface area contributed by atoms with E-state index in [4.69, 9.17) is 4.74 Å². The quantitative estimate of drug-likeness (QED) is 0.595. The molecule has 0 aliphatic carbocycles. The van der Waals surface area contributed by atoms with Gasteiger partial charge in [-0.25, -0.2) is 9.59 Å². The van der Waals surface area contributed by atoms with Crippen molar-refractivity contribution in [3.8, 4) is 0 Å². The molecule has 0 saturated carbocycles. The van der Waals surface area contributed by atoms with E-state index in [1.807, 2.05) is 0 Å². The number of carbonyl (C=O) groups is 2. The van der Waals surface area contributed by atoms with Gasteiger partial charge in [0.1, 0.15) is 5.82 Å². The predicted molar refractivity (Wildman–Crippen MR) is 100 cm³/mol. The number of nitrogens with zero attached hydrogens (tertiary/aromatic N) is 2. The molecule has 10 nitrogen and oxygen atoms in total. The molecule has 0 unspecified atom stereocenters. The van der Waals surface area contributed by atoms with Gasteiger partial charge in [-0.1, -0.05) is 18.2 Å². The molecule has 1 aromatic carbocycles. The van der Waals surface area contributed by atoms with Gasteiger partial charge in [-0.15, -0.1) is 0 Å². The second kappa shape index (κ2) is 7.35. The zero-order chi connectivity index (χ0) is 20.4. The van der Waals surface area contributed by atoms with Gasteiger partial charge in [-0.2, -0.15) is 0 Å². The molecule has 0 spiro atoms. The van der Waals surface area contributed by atoms with Crippen LogP contribution in [0.2, 0.25) is 0 Å². The summed E-state index contributed by atoms with van der Waals surface area (Å²) in [6, 6.07) is 8.84. The Morgan fingerprint density at radius 1 is 1.07 bits per heavy atom. The number of benzene rings is 1. The number of pyridine rings is 1. The molecule has 0 saturated heterocycles. The lowest BCUT2D eigenvalue weighted by atomic mass is 10.1. The maximum atomic E-state index is 12.3. The molecule has 3 aromatic rings. The molecule has 2 aromatic heterocycles. The minimum Gasteiger partial charge on any atom is -0.452 e.